The van der Waals surface area contributed by atoms with Gasteiger partial charge in [0.15, 0.2) is 0 Å². The van der Waals surface area contributed by atoms with Gasteiger partial charge in [0, 0.05) is 54.9 Å². The third-order valence-electron chi connectivity index (χ3n) is 7.66. The fourth-order valence-electron chi connectivity index (χ4n) is 5.63. The molecule has 0 aliphatic carbocycles. The molecule has 0 saturated heterocycles. The van der Waals surface area contributed by atoms with Crippen molar-refractivity contribution < 1.29 is 36.9 Å². The number of benzene rings is 5. The standard InChI is InChI=1S/C25H13N2O.C14H14N.Ir/c1-2-9-17-15(7-1)18-14-24-19(16-8-3-6-12-23(16)28-24)13-22(18)27-21-11-5-4-10-20(21)26-25(17)27;1-10-4-6-13(7-5-10)14-8-11(2)12(3)9-15-14;/h1-8,10-14H;4-6,8-9H,1-3H3;/q2*-1;/i;1D3,2D3,3D3;. The van der Waals surface area contributed by atoms with E-state index in [4.69, 9.17) is 21.7 Å². The maximum Gasteiger partial charge on any atom is 0.135 e. The number of aromatic nitrogens is 3. The molecular formula is C39H27IrN3O-2. The Kier molecular flexibility index (Phi) is 4.87. The van der Waals surface area contributed by atoms with E-state index in [9.17, 15) is 0 Å². The first-order chi connectivity index (χ1) is 24.7. The van der Waals surface area contributed by atoms with Gasteiger partial charge in [-0.1, -0.05) is 54.2 Å². The van der Waals surface area contributed by atoms with Crippen LogP contribution in [-0.2, 0) is 20.1 Å². The second-order valence-corrected chi connectivity index (χ2v) is 10.3. The number of fused-ring (bicyclic) bond motifs is 11. The van der Waals surface area contributed by atoms with Crippen molar-refractivity contribution in [2.75, 3.05) is 0 Å². The molecule has 0 aliphatic rings. The molecule has 0 bridgehead atoms. The fourth-order valence-corrected chi connectivity index (χ4v) is 5.63. The number of hydrogen-bond donors (Lipinski definition) is 0. The Morgan fingerprint density at radius 1 is 0.727 bits per heavy atom. The van der Waals surface area contributed by atoms with Crippen molar-refractivity contribution in [1.29, 1.82) is 0 Å². The summed E-state index contributed by atoms with van der Waals surface area (Å²) in [4.78, 5) is 8.93. The molecule has 0 aliphatic heterocycles. The second-order valence-electron chi connectivity index (χ2n) is 10.3. The number of furan rings is 1. The van der Waals surface area contributed by atoms with E-state index in [1.165, 1.54) is 24.3 Å². The molecule has 1 radical (unpaired) electrons. The number of hydrogen-bond acceptors (Lipinski definition) is 3. The smallest absolute Gasteiger partial charge is 0.135 e. The van der Waals surface area contributed by atoms with Crippen LogP contribution in [0.2, 0.25) is 0 Å². The molecule has 9 aromatic rings. The average molecular weight is 755 g/mol. The van der Waals surface area contributed by atoms with Gasteiger partial charge in [-0.3, -0.25) is 4.98 Å². The Hall–Kier alpha value is -4.83. The van der Waals surface area contributed by atoms with E-state index in [-0.39, 0.29) is 42.5 Å². The van der Waals surface area contributed by atoms with Crippen LogP contribution >= 0.6 is 0 Å². The van der Waals surface area contributed by atoms with Gasteiger partial charge in [0.2, 0.25) is 0 Å². The van der Waals surface area contributed by atoms with Crippen LogP contribution in [0.25, 0.3) is 71.6 Å². The first-order valence-electron chi connectivity index (χ1n) is 18.2. The van der Waals surface area contributed by atoms with Gasteiger partial charge in [0.05, 0.1) is 16.7 Å². The molecule has 0 spiro atoms. The predicted molar refractivity (Wildman–Crippen MR) is 177 cm³/mol. The summed E-state index contributed by atoms with van der Waals surface area (Å²) in [6.45, 7) is -7.47. The van der Waals surface area contributed by atoms with Crippen LogP contribution in [0.4, 0.5) is 0 Å². The average Bonchev–Trinajstić information content (AvgIpc) is 3.69. The number of imidazole rings is 1. The minimum Gasteiger partial charge on any atom is -0.456 e. The van der Waals surface area contributed by atoms with Crippen molar-refractivity contribution in [3.8, 4) is 11.3 Å². The summed E-state index contributed by atoms with van der Waals surface area (Å²) in [6, 6.07) is 38.5. The van der Waals surface area contributed by atoms with Crippen LogP contribution in [0.1, 0.15) is 29.0 Å². The third-order valence-corrected chi connectivity index (χ3v) is 7.66. The zero-order valence-corrected chi connectivity index (χ0v) is 25.4. The molecule has 44 heavy (non-hydrogen) atoms. The molecule has 4 nitrogen and oxygen atoms in total. The number of pyridine rings is 2. The first-order valence-corrected chi connectivity index (χ1v) is 13.7. The Bertz CT molecular complexity index is 2820. The fraction of sp³-hybridized carbons (Fsp3) is 0.0769. The monoisotopic (exact) mass is 755 g/mol. The van der Waals surface area contributed by atoms with Gasteiger partial charge in [-0.15, -0.1) is 65.0 Å². The van der Waals surface area contributed by atoms with Crippen LogP contribution in [-0.4, -0.2) is 14.4 Å². The Balaban J connectivity index is 0.000000164. The van der Waals surface area contributed by atoms with Crippen molar-refractivity contribution in [3.05, 3.63) is 138 Å². The normalized spacial score (nSPS) is 15.2. The summed E-state index contributed by atoms with van der Waals surface area (Å²) in [5.74, 6) is 0. The molecule has 4 aromatic heterocycles. The minimum atomic E-state index is -2.61. The molecule has 5 aromatic carbocycles. The maximum absolute atomic E-state index is 7.54. The Morgan fingerprint density at radius 2 is 1.59 bits per heavy atom. The van der Waals surface area contributed by atoms with Crippen LogP contribution in [0.15, 0.2) is 114 Å². The molecule has 5 heteroatoms. The molecule has 0 unspecified atom stereocenters. The van der Waals surface area contributed by atoms with Gasteiger partial charge in [0.25, 0.3) is 0 Å². The van der Waals surface area contributed by atoms with Crippen LogP contribution in [0.5, 0.6) is 0 Å². The predicted octanol–water partition coefficient (Wildman–Crippen LogP) is 9.97. The van der Waals surface area contributed by atoms with Crippen molar-refractivity contribution in [3.63, 3.8) is 0 Å². The zero-order chi connectivity index (χ0) is 36.6. The zero-order valence-electron chi connectivity index (χ0n) is 32.0. The van der Waals surface area contributed by atoms with Gasteiger partial charge in [-0.05, 0) is 60.7 Å². The third kappa shape index (κ3) is 4.57. The van der Waals surface area contributed by atoms with Crippen LogP contribution in [0, 0.1) is 32.7 Å². The van der Waals surface area contributed by atoms with Crippen molar-refractivity contribution in [2.45, 2.75) is 20.6 Å². The SMILES string of the molecule is [2H]C([2H])([2H])c1c[c-]c(-c2cc(C([2H])([2H])[2H])c(C([2H])([2H])[2H])cn2)cc1.[Ir].[c-]1cccc2c1c1nc3ccccc3n1c1cc3c(cc21)oc1ccccc13. The Labute approximate surface area is 281 Å². The number of nitrogens with zero attached hydrogens (tertiary/aromatic N) is 3. The topological polar surface area (TPSA) is 43.3 Å². The van der Waals surface area contributed by atoms with E-state index < -0.39 is 20.6 Å². The van der Waals surface area contributed by atoms with E-state index in [0.29, 0.717) is 5.56 Å². The molecule has 9 rings (SSSR count). The summed E-state index contributed by atoms with van der Waals surface area (Å²) in [6.07, 6.45) is 1.02. The summed E-state index contributed by atoms with van der Waals surface area (Å²) in [7, 11) is 0. The molecule has 0 fully saturated rings. The van der Waals surface area contributed by atoms with Crippen molar-refractivity contribution in [2.24, 2.45) is 0 Å². The van der Waals surface area contributed by atoms with Gasteiger partial charge in [-0.2, -0.15) is 0 Å². The molecule has 0 saturated carbocycles. The summed E-state index contributed by atoms with van der Waals surface area (Å²) in [5, 5.41) is 5.58. The van der Waals surface area contributed by atoms with E-state index in [1.54, 1.807) is 0 Å². The van der Waals surface area contributed by atoms with Gasteiger partial charge < -0.3 is 13.8 Å². The van der Waals surface area contributed by atoms with E-state index >= 15 is 0 Å². The number of aryl methyl sites for hydroxylation is 3. The van der Waals surface area contributed by atoms with E-state index in [0.717, 1.165) is 66.5 Å². The van der Waals surface area contributed by atoms with Crippen LogP contribution in [0.3, 0.4) is 0 Å². The van der Waals surface area contributed by atoms with Gasteiger partial charge >= 0.3 is 0 Å². The molecule has 4 heterocycles. The number of para-hydroxylation sites is 3. The van der Waals surface area contributed by atoms with Crippen molar-refractivity contribution >= 4 is 60.3 Å². The van der Waals surface area contributed by atoms with Crippen LogP contribution < -0.4 is 0 Å². The minimum absolute atomic E-state index is 0. The molecule has 0 atom stereocenters. The quantitative estimate of drug-likeness (QED) is 0.124. The first kappa shape index (κ1) is 19.4. The number of rotatable bonds is 1. The molecule has 0 amide bonds. The van der Waals surface area contributed by atoms with E-state index in [2.05, 4.69) is 70.0 Å². The van der Waals surface area contributed by atoms with Gasteiger partial charge in [-0.25, -0.2) is 0 Å². The largest absolute Gasteiger partial charge is 0.456 e. The second kappa shape index (κ2) is 11.0. The molecular weight excluding hydrogens is 719 g/mol. The summed E-state index contributed by atoms with van der Waals surface area (Å²) >= 11 is 0. The van der Waals surface area contributed by atoms with Gasteiger partial charge in [0.1, 0.15) is 11.2 Å². The maximum atomic E-state index is 7.54. The summed E-state index contributed by atoms with van der Waals surface area (Å²) < 4.78 is 75.3. The molecule has 0 N–H and O–H groups in total. The van der Waals surface area contributed by atoms with Crippen molar-refractivity contribution in [1.82, 2.24) is 14.4 Å². The Morgan fingerprint density at radius 3 is 2.45 bits per heavy atom. The summed E-state index contributed by atoms with van der Waals surface area (Å²) in [5.41, 5.74) is 6.05. The molecule has 215 valence electrons. The van der Waals surface area contributed by atoms with E-state index in [1.807, 2.05) is 30.3 Å².